The van der Waals surface area contributed by atoms with E-state index in [0.29, 0.717) is 12.1 Å². The van der Waals surface area contributed by atoms with E-state index in [-0.39, 0.29) is 22.8 Å². The molecule has 0 aliphatic carbocycles. The smallest absolute Gasteiger partial charge is 0.419 e. The summed E-state index contributed by atoms with van der Waals surface area (Å²) in [4.78, 5) is 10.8. The highest BCUT2D eigenvalue weighted by Gasteiger charge is 2.39. The van der Waals surface area contributed by atoms with Gasteiger partial charge in [0.15, 0.2) is 0 Å². The predicted molar refractivity (Wildman–Crippen MR) is 90.5 cm³/mol. The molecule has 2 aromatic rings. The van der Waals surface area contributed by atoms with Crippen molar-refractivity contribution in [2.24, 2.45) is 5.73 Å². The van der Waals surface area contributed by atoms with E-state index in [9.17, 15) is 35.5 Å². The van der Waals surface area contributed by atoms with E-state index in [1.54, 1.807) is 0 Å². The largest absolute Gasteiger partial charge is 0.481 e. The van der Waals surface area contributed by atoms with Crippen LogP contribution in [0.3, 0.4) is 0 Å². The van der Waals surface area contributed by atoms with Gasteiger partial charge in [0.2, 0.25) is 0 Å². The minimum absolute atomic E-state index is 0.143. The Morgan fingerprint density at radius 1 is 0.967 bits per heavy atom. The molecule has 164 valence electrons. The second-order valence-corrected chi connectivity index (χ2v) is 6.70. The molecule has 0 saturated carbocycles. The number of alkyl halides is 6. The van der Waals surface area contributed by atoms with Crippen molar-refractivity contribution in [3.63, 3.8) is 0 Å². The van der Waals surface area contributed by atoms with Gasteiger partial charge in [0, 0.05) is 17.2 Å². The number of carbonyl (C=O) groups is 1. The van der Waals surface area contributed by atoms with Crippen LogP contribution in [0.2, 0.25) is 0 Å². The van der Waals surface area contributed by atoms with Gasteiger partial charge in [-0.05, 0) is 48.7 Å². The van der Waals surface area contributed by atoms with Crippen molar-refractivity contribution in [2.45, 2.75) is 38.7 Å². The number of nitrogens with two attached hydrogens (primary N) is 1. The Morgan fingerprint density at radius 3 is 1.87 bits per heavy atom. The number of hydrogen-bond acceptors (Lipinski definition) is 2. The van der Waals surface area contributed by atoms with Crippen LogP contribution >= 0.6 is 0 Å². The normalized spacial score (nSPS) is 13.4. The molecule has 0 bridgehead atoms. The number of aryl methyl sites for hydroxylation is 2. The van der Waals surface area contributed by atoms with Crippen LogP contribution < -0.4 is 5.73 Å². The molecule has 0 unspecified atom stereocenters. The molecule has 2 rings (SSSR count). The standard InChI is InChI=1S/C19H15F8NO2/c1-7-3-9(18(22,23)24)4-8(2)14(7)10-5-11(19(25,26)27)17(21)15(16(10)20)12(28)6-13(29)30/h3-5,12H,6,28H2,1-2H3,(H,29,30)/t12-/m0/s1. The maximum absolute atomic E-state index is 15.1. The summed E-state index contributed by atoms with van der Waals surface area (Å²) in [5.74, 6) is -5.25. The molecule has 0 spiro atoms. The third-order valence-electron chi connectivity index (χ3n) is 4.43. The highest BCUT2D eigenvalue weighted by molar-refractivity contribution is 5.74. The maximum atomic E-state index is 15.1. The Kier molecular flexibility index (Phi) is 6.18. The lowest BCUT2D eigenvalue weighted by atomic mass is 9.88. The molecule has 2 aromatic carbocycles. The Bertz CT molecular complexity index is 972. The number of benzene rings is 2. The molecule has 0 aliphatic heterocycles. The molecule has 1 atom stereocenters. The van der Waals surface area contributed by atoms with Crippen molar-refractivity contribution in [1.29, 1.82) is 0 Å². The molecule has 0 amide bonds. The van der Waals surface area contributed by atoms with Crippen molar-refractivity contribution >= 4 is 5.97 Å². The topological polar surface area (TPSA) is 63.3 Å². The van der Waals surface area contributed by atoms with Crippen LogP contribution in [0.15, 0.2) is 18.2 Å². The molecule has 0 saturated heterocycles. The molecule has 3 nitrogen and oxygen atoms in total. The molecule has 0 fully saturated rings. The fourth-order valence-electron chi connectivity index (χ4n) is 3.21. The zero-order valence-electron chi connectivity index (χ0n) is 15.5. The summed E-state index contributed by atoms with van der Waals surface area (Å²) < 4.78 is 108. The van der Waals surface area contributed by atoms with Gasteiger partial charge < -0.3 is 10.8 Å². The molecule has 0 aromatic heterocycles. The number of carboxylic acids is 1. The Balaban J connectivity index is 2.89. The van der Waals surface area contributed by atoms with Crippen molar-refractivity contribution in [3.05, 3.63) is 57.7 Å². The van der Waals surface area contributed by atoms with E-state index in [4.69, 9.17) is 10.8 Å². The average Bonchev–Trinajstić information content (AvgIpc) is 2.53. The molecule has 0 heterocycles. The van der Waals surface area contributed by atoms with E-state index in [1.165, 1.54) is 0 Å². The number of aliphatic carboxylic acids is 1. The minimum atomic E-state index is -5.29. The average molecular weight is 441 g/mol. The van der Waals surface area contributed by atoms with Gasteiger partial charge in [-0.2, -0.15) is 26.3 Å². The fourth-order valence-corrected chi connectivity index (χ4v) is 3.21. The van der Waals surface area contributed by atoms with Crippen LogP contribution in [-0.4, -0.2) is 11.1 Å². The van der Waals surface area contributed by atoms with Crippen molar-refractivity contribution in [2.75, 3.05) is 0 Å². The van der Waals surface area contributed by atoms with E-state index in [1.807, 2.05) is 0 Å². The summed E-state index contributed by atoms with van der Waals surface area (Å²) in [7, 11) is 0. The summed E-state index contributed by atoms with van der Waals surface area (Å²) in [6, 6.07) is -0.576. The van der Waals surface area contributed by atoms with Gasteiger partial charge in [-0.1, -0.05) is 0 Å². The second kappa shape index (κ2) is 7.86. The first-order valence-electron chi connectivity index (χ1n) is 8.31. The highest BCUT2D eigenvalue weighted by Crippen LogP contribution is 2.42. The summed E-state index contributed by atoms with van der Waals surface area (Å²) >= 11 is 0. The Morgan fingerprint density at radius 2 is 1.47 bits per heavy atom. The van der Waals surface area contributed by atoms with Crippen LogP contribution in [0.25, 0.3) is 11.1 Å². The zero-order chi connectivity index (χ0) is 23.2. The minimum Gasteiger partial charge on any atom is -0.481 e. The van der Waals surface area contributed by atoms with E-state index < -0.39 is 64.7 Å². The van der Waals surface area contributed by atoms with Crippen LogP contribution in [0.5, 0.6) is 0 Å². The number of rotatable bonds is 4. The number of hydrogen-bond donors (Lipinski definition) is 2. The second-order valence-electron chi connectivity index (χ2n) is 6.70. The van der Waals surface area contributed by atoms with E-state index >= 15 is 4.39 Å². The van der Waals surface area contributed by atoms with Gasteiger partial charge in [-0.3, -0.25) is 4.79 Å². The fraction of sp³-hybridized carbons (Fsp3) is 0.316. The molecular weight excluding hydrogens is 426 g/mol. The predicted octanol–water partition coefficient (Wildman–Crippen LogP) is 5.76. The van der Waals surface area contributed by atoms with Gasteiger partial charge in [-0.25, -0.2) is 8.78 Å². The monoisotopic (exact) mass is 441 g/mol. The summed E-state index contributed by atoms with van der Waals surface area (Å²) in [5, 5.41) is 8.78. The molecule has 3 N–H and O–H groups in total. The van der Waals surface area contributed by atoms with Crippen LogP contribution in [0.4, 0.5) is 35.1 Å². The first kappa shape index (κ1) is 23.6. The molecule has 0 radical (unpaired) electrons. The lowest BCUT2D eigenvalue weighted by Gasteiger charge is -2.21. The molecule has 30 heavy (non-hydrogen) atoms. The van der Waals surface area contributed by atoms with Crippen LogP contribution in [0.1, 0.15) is 40.3 Å². The highest BCUT2D eigenvalue weighted by atomic mass is 19.4. The lowest BCUT2D eigenvalue weighted by molar-refractivity contribution is -0.140. The van der Waals surface area contributed by atoms with Crippen LogP contribution in [-0.2, 0) is 17.1 Å². The lowest BCUT2D eigenvalue weighted by Crippen LogP contribution is -2.21. The maximum Gasteiger partial charge on any atom is 0.419 e. The summed E-state index contributed by atoms with van der Waals surface area (Å²) in [6.07, 6.45) is -11.1. The first-order chi connectivity index (χ1) is 13.6. The van der Waals surface area contributed by atoms with Gasteiger partial charge in [0.05, 0.1) is 17.5 Å². The summed E-state index contributed by atoms with van der Waals surface area (Å²) in [5.41, 5.74) is -0.431. The third kappa shape index (κ3) is 4.55. The number of carboxylic acid groups (broad SMARTS) is 1. The van der Waals surface area contributed by atoms with Gasteiger partial charge >= 0.3 is 18.3 Å². The van der Waals surface area contributed by atoms with Crippen LogP contribution in [0, 0.1) is 25.5 Å². The van der Waals surface area contributed by atoms with Crippen molar-refractivity contribution < 1.29 is 45.0 Å². The SMILES string of the molecule is Cc1cc(C(F)(F)F)cc(C)c1-c1cc(C(F)(F)F)c(F)c([C@@H](N)CC(=O)O)c1F. The molecule has 0 aliphatic rings. The summed E-state index contributed by atoms with van der Waals surface area (Å²) in [6.45, 7) is 2.26. The first-order valence-corrected chi connectivity index (χ1v) is 8.31. The Hall–Kier alpha value is -2.69. The van der Waals surface area contributed by atoms with E-state index in [2.05, 4.69) is 0 Å². The van der Waals surface area contributed by atoms with Gasteiger partial charge in [-0.15, -0.1) is 0 Å². The molecule has 11 heteroatoms. The zero-order valence-corrected chi connectivity index (χ0v) is 15.5. The third-order valence-corrected chi connectivity index (χ3v) is 4.43. The van der Waals surface area contributed by atoms with E-state index in [0.717, 1.165) is 13.8 Å². The van der Waals surface area contributed by atoms with Crippen molar-refractivity contribution in [1.82, 2.24) is 0 Å². The number of halogens is 8. The quantitative estimate of drug-likeness (QED) is 0.593. The molecular formula is C19H15F8NO2. The van der Waals surface area contributed by atoms with Crippen molar-refractivity contribution in [3.8, 4) is 11.1 Å². The van der Waals surface area contributed by atoms with Gasteiger partial charge in [0.1, 0.15) is 11.6 Å². The van der Waals surface area contributed by atoms with Gasteiger partial charge in [0.25, 0.3) is 0 Å². The Labute approximate surface area is 165 Å².